The highest BCUT2D eigenvalue weighted by Crippen LogP contribution is 2.53. The van der Waals surface area contributed by atoms with Crippen molar-refractivity contribution in [2.75, 3.05) is 4.90 Å². The Morgan fingerprint density at radius 2 is 1.81 bits per heavy atom. The summed E-state index contributed by atoms with van der Waals surface area (Å²) in [6, 6.07) is 16.3. The van der Waals surface area contributed by atoms with E-state index in [9.17, 15) is 4.79 Å². The minimum atomic E-state index is -0.472. The first kappa shape index (κ1) is 15.2. The molecule has 26 heavy (non-hydrogen) atoms. The molecule has 1 aromatic heterocycles. The van der Waals surface area contributed by atoms with E-state index in [4.69, 9.17) is 21.1 Å². The predicted molar refractivity (Wildman–Crippen MR) is 96.6 cm³/mol. The summed E-state index contributed by atoms with van der Waals surface area (Å²) >= 11 is 6.19. The Bertz CT molecular complexity index is 1010. The van der Waals surface area contributed by atoms with Crippen LogP contribution < -0.4 is 9.64 Å². The number of hydrogen-bond acceptors (Lipinski definition) is 4. The SMILES string of the molecule is O=C1OC(c2ccncc2)[C@@H]2c3ccccc3Oc3ccc(Cl)cc3N12. The summed E-state index contributed by atoms with van der Waals surface area (Å²) in [5.74, 6) is 1.26. The van der Waals surface area contributed by atoms with Crippen LogP contribution in [0.2, 0.25) is 5.02 Å². The lowest BCUT2D eigenvalue weighted by Gasteiger charge is -2.23. The highest BCUT2D eigenvalue weighted by atomic mass is 35.5. The van der Waals surface area contributed by atoms with Gasteiger partial charge < -0.3 is 9.47 Å². The molecule has 2 aliphatic heterocycles. The predicted octanol–water partition coefficient (Wildman–Crippen LogP) is 5.28. The number of amides is 1. The second-order valence-corrected chi connectivity index (χ2v) is 6.59. The molecule has 5 rings (SSSR count). The summed E-state index contributed by atoms with van der Waals surface area (Å²) < 4.78 is 11.9. The third kappa shape index (κ3) is 2.24. The van der Waals surface area contributed by atoms with Gasteiger partial charge in [-0.3, -0.25) is 9.88 Å². The van der Waals surface area contributed by atoms with Gasteiger partial charge in [-0.05, 0) is 42.0 Å². The number of rotatable bonds is 1. The number of ether oxygens (including phenoxy) is 2. The molecule has 1 fully saturated rings. The van der Waals surface area contributed by atoms with Crippen LogP contribution in [-0.2, 0) is 4.74 Å². The molecule has 0 saturated carbocycles. The van der Waals surface area contributed by atoms with E-state index in [-0.39, 0.29) is 6.04 Å². The van der Waals surface area contributed by atoms with Gasteiger partial charge in [-0.15, -0.1) is 0 Å². The largest absolute Gasteiger partial charge is 0.455 e. The van der Waals surface area contributed by atoms with E-state index in [0.717, 1.165) is 11.1 Å². The molecular formula is C20H13ClN2O3. The maximum atomic E-state index is 12.8. The number of anilines is 1. The summed E-state index contributed by atoms with van der Waals surface area (Å²) in [5, 5.41) is 0.525. The van der Waals surface area contributed by atoms with E-state index in [2.05, 4.69) is 4.98 Å². The molecule has 128 valence electrons. The Morgan fingerprint density at radius 1 is 1.00 bits per heavy atom. The first-order valence-electron chi connectivity index (χ1n) is 8.18. The average molecular weight is 365 g/mol. The fraction of sp³-hybridized carbons (Fsp3) is 0.100. The molecule has 0 radical (unpaired) electrons. The van der Waals surface area contributed by atoms with E-state index >= 15 is 0 Å². The van der Waals surface area contributed by atoms with Gasteiger partial charge in [-0.1, -0.05) is 29.8 Å². The molecule has 0 N–H and O–H groups in total. The molecule has 3 heterocycles. The van der Waals surface area contributed by atoms with Gasteiger partial charge in [-0.2, -0.15) is 0 Å². The van der Waals surface area contributed by atoms with Gasteiger partial charge in [0.2, 0.25) is 0 Å². The fourth-order valence-corrected chi connectivity index (χ4v) is 3.70. The number of benzene rings is 2. The van der Waals surface area contributed by atoms with Crippen molar-refractivity contribution >= 4 is 23.4 Å². The lowest BCUT2D eigenvalue weighted by atomic mass is 9.95. The summed E-state index contributed by atoms with van der Waals surface area (Å²) in [4.78, 5) is 18.5. The number of hydrogen-bond donors (Lipinski definition) is 0. The first-order valence-corrected chi connectivity index (χ1v) is 8.56. The van der Waals surface area contributed by atoms with Crippen molar-refractivity contribution in [3.8, 4) is 11.5 Å². The van der Waals surface area contributed by atoms with Gasteiger partial charge in [0.05, 0.1) is 5.69 Å². The smallest absolute Gasteiger partial charge is 0.415 e. The van der Waals surface area contributed by atoms with Gasteiger partial charge in [0.1, 0.15) is 11.8 Å². The zero-order valence-corrected chi connectivity index (χ0v) is 14.3. The summed E-state index contributed by atoms with van der Waals surface area (Å²) in [6.07, 6.45) is 2.48. The van der Waals surface area contributed by atoms with Crippen LogP contribution in [0.3, 0.4) is 0 Å². The van der Waals surface area contributed by atoms with Crippen molar-refractivity contribution in [2.24, 2.45) is 0 Å². The number of carbonyl (C=O) groups excluding carboxylic acids is 1. The lowest BCUT2D eigenvalue weighted by molar-refractivity contribution is 0.132. The van der Waals surface area contributed by atoms with Gasteiger partial charge >= 0.3 is 6.09 Å². The minimum Gasteiger partial charge on any atom is -0.455 e. The molecule has 1 amide bonds. The Hall–Kier alpha value is -3.05. The number of fused-ring (bicyclic) bond motifs is 5. The maximum Gasteiger partial charge on any atom is 0.415 e. The average Bonchev–Trinajstić information content (AvgIpc) is 2.93. The number of cyclic esters (lactones) is 1. The van der Waals surface area contributed by atoms with Crippen LogP contribution >= 0.6 is 11.6 Å². The number of aromatic nitrogens is 1. The van der Waals surface area contributed by atoms with Gasteiger partial charge in [0.25, 0.3) is 0 Å². The molecular weight excluding hydrogens is 352 g/mol. The number of para-hydroxylation sites is 1. The maximum absolute atomic E-state index is 12.8. The Labute approximate surface area is 154 Å². The van der Waals surface area contributed by atoms with Crippen molar-refractivity contribution in [1.29, 1.82) is 0 Å². The summed E-state index contributed by atoms with van der Waals surface area (Å²) in [7, 11) is 0. The van der Waals surface area contributed by atoms with E-state index in [1.807, 2.05) is 36.4 Å². The minimum absolute atomic E-state index is 0.360. The normalized spacial score (nSPS) is 20.3. The molecule has 2 aliphatic rings. The van der Waals surface area contributed by atoms with Crippen LogP contribution in [0.1, 0.15) is 23.3 Å². The molecule has 6 heteroatoms. The van der Waals surface area contributed by atoms with Crippen LogP contribution in [0.25, 0.3) is 0 Å². The molecule has 0 aliphatic carbocycles. The third-order valence-electron chi connectivity index (χ3n) is 4.66. The zero-order valence-electron chi connectivity index (χ0n) is 13.5. The Kier molecular flexibility index (Phi) is 3.36. The number of halogens is 1. The number of nitrogens with zero attached hydrogens (tertiary/aromatic N) is 2. The van der Waals surface area contributed by atoms with E-state index in [1.54, 1.807) is 35.5 Å². The molecule has 1 saturated heterocycles. The molecule has 2 atom stereocenters. The topological polar surface area (TPSA) is 51.7 Å². The monoisotopic (exact) mass is 364 g/mol. The van der Waals surface area contributed by atoms with Crippen molar-refractivity contribution < 1.29 is 14.3 Å². The molecule has 0 bridgehead atoms. The summed E-state index contributed by atoms with van der Waals surface area (Å²) in [5.41, 5.74) is 2.36. The van der Waals surface area contributed by atoms with E-state index in [1.165, 1.54) is 0 Å². The second kappa shape index (κ2) is 5.75. The molecule has 0 spiro atoms. The zero-order chi connectivity index (χ0) is 17.7. The van der Waals surface area contributed by atoms with Gasteiger partial charge in [0.15, 0.2) is 11.9 Å². The fourth-order valence-electron chi connectivity index (χ4n) is 3.53. The molecule has 2 aromatic carbocycles. The first-order chi connectivity index (χ1) is 12.7. The highest BCUT2D eigenvalue weighted by molar-refractivity contribution is 6.31. The van der Waals surface area contributed by atoms with Crippen molar-refractivity contribution in [1.82, 2.24) is 4.98 Å². The standard InChI is InChI=1S/C20H13ClN2O3/c21-13-5-6-17-15(11-13)23-18(14-3-1-2-4-16(14)25-17)19(26-20(23)24)12-7-9-22-10-8-12/h1-11,18-19H/t18-,19?/m0/s1. The van der Waals surface area contributed by atoms with E-state index < -0.39 is 12.2 Å². The molecule has 5 nitrogen and oxygen atoms in total. The van der Waals surface area contributed by atoms with Crippen LogP contribution in [0.4, 0.5) is 10.5 Å². The Morgan fingerprint density at radius 3 is 2.65 bits per heavy atom. The molecule has 1 unspecified atom stereocenters. The Balaban J connectivity index is 1.76. The highest BCUT2D eigenvalue weighted by Gasteiger charge is 2.48. The van der Waals surface area contributed by atoms with Crippen molar-refractivity contribution in [3.05, 3.63) is 83.1 Å². The molecule has 3 aromatic rings. The van der Waals surface area contributed by atoms with E-state index in [0.29, 0.717) is 22.2 Å². The van der Waals surface area contributed by atoms with Gasteiger partial charge in [-0.25, -0.2) is 4.79 Å². The second-order valence-electron chi connectivity index (χ2n) is 6.15. The van der Waals surface area contributed by atoms with Crippen LogP contribution in [0, 0.1) is 0 Å². The lowest BCUT2D eigenvalue weighted by Crippen LogP contribution is -2.27. The van der Waals surface area contributed by atoms with Gasteiger partial charge in [0, 0.05) is 23.0 Å². The van der Waals surface area contributed by atoms with Crippen molar-refractivity contribution in [3.63, 3.8) is 0 Å². The summed E-state index contributed by atoms with van der Waals surface area (Å²) in [6.45, 7) is 0. The van der Waals surface area contributed by atoms with Crippen LogP contribution in [0.15, 0.2) is 67.0 Å². The number of pyridine rings is 1. The third-order valence-corrected chi connectivity index (χ3v) is 4.90. The quantitative estimate of drug-likeness (QED) is 0.589. The van der Waals surface area contributed by atoms with Crippen LogP contribution in [-0.4, -0.2) is 11.1 Å². The number of carbonyl (C=O) groups is 1. The van der Waals surface area contributed by atoms with Crippen LogP contribution in [0.5, 0.6) is 11.5 Å². The van der Waals surface area contributed by atoms with Crippen molar-refractivity contribution in [2.45, 2.75) is 12.1 Å².